The highest BCUT2D eigenvalue weighted by molar-refractivity contribution is 5.34. The maximum atomic E-state index is 12.9. The van der Waals surface area contributed by atoms with E-state index in [0.29, 0.717) is 12.5 Å². The molecule has 0 unspecified atom stereocenters. The molecule has 1 N–H and O–H groups in total. The number of aryl methyl sites for hydroxylation is 1. The number of nitrogens with one attached hydrogen (secondary N) is 1. The number of nitrogens with zero attached hydrogens (tertiary/aromatic N) is 4. The maximum absolute atomic E-state index is 12.9. The first-order chi connectivity index (χ1) is 10.2. The molecule has 0 atom stereocenters. The SMILES string of the molecule is Cc1nn(-c2ccc(F)cc2)cc1CNc1ncccn1. The predicted octanol–water partition coefficient (Wildman–Crippen LogP) is 2.72. The first kappa shape index (κ1) is 13.2. The fourth-order valence-corrected chi connectivity index (χ4v) is 1.96. The average Bonchev–Trinajstić information content (AvgIpc) is 2.88. The Bertz CT molecular complexity index is 722. The third-order valence-electron chi connectivity index (χ3n) is 3.09. The molecule has 106 valence electrons. The number of anilines is 1. The van der Waals surface area contributed by atoms with Gasteiger partial charge in [-0.3, -0.25) is 0 Å². The van der Waals surface area contributed by atoms with Gasteiger partial charge < -0.3 is 5.32 Å². The molecule has 1 aromatic carbocycles. The van der Waals surface area contributed by atoms with Crippen molar-refractivity contribution in [2.24, 2.45) is 0 Å². The summed E-state index contributed by atoms with van der Waals surface area (Å²) >= 11 is 0. The lowest BCUT2D eigenvalue weighted by Gasteiger charge is -2.02. The van der Waals surface area contributed by atoms with Gasteiger partial charge in [0.25, 0.3) is 0 Å². The molecule has 0 bridgehead atoms. The summed E-state index contributed by atoms with van der Waals surface area (Å²) in [5.41, 5.74) is 2.76. The van der Waals surface area contributed by atoms with Crippen molar-refractivity contribution >= 4 is 5.95 Å². The highest BCUT2D eigenvalue weighted by atomic mass is 19.1. The van der Waals surface area contributed by atoms with E-state index in [2.05, 4.69) is 20.4 Å². The van der Waals surface area contributed by atoms with Crippen molar-refractivity contribution in [1.29, 1.82) is 0 Å². The molecule has 0 fully saturated rings. The normalized spacial score (nSPS) is 10.6. The topological polar surface area (TPSA) is 55.6 Å². The summed E-state index contributed by atoms with van der Waals surface area (Å²) in [5, 5.41) is 7.58. The molecule has 3 rings (SSSR count). The molecule has 2 aromatic heterocycles. The van der Waals surface area contributed by atoms with Crippen LogP contribution in [0.3, 0.4) is 0 Å². The lowest BCUT2D eigenvalue weighted by atomic mass is 10.2. The maximum Gasteiger partial charge on any atom is 0.222 e. The lowest BCUT2D eigenvalue weighted by Crippen LogP contribution is -2.03. The Hall–Kier alpha value is -2.76. The van der Waals surface area contributed by atoms with Crippen LogP contribution in [0, 0.1) is 12.7 Å². The zero-order valence-electron chi connectivity index (χ0n) is 11.5. The van der Waals surface area contributed by atoms with Gasteiger partial charge in [-0.1, -0.05) is 0 Å². The number of benzene rings is 1. The lowest BCUT2D eigenvalue weighted by molar-refractivity contribution is 0.627. The Kier molecular flexibility index (Phi) is 3.59. The summed E-state index contributed by atoms with van der Waals surface area (Å²) in [5.74, 6) is 0.317. The molecule has 0 amide bonds. The van der Waals surface area contributed by atoms with Gasteiger partial charge in [0.2, 0.25) is 5.95 Å². The second kappa shape index (κ2) is 5.70. The van der Waals surface area contributed by atoms with Gasteiger partial charge in [-0.05, 0) is 37.3 Å². The number of rotatable bonds is 4. The van der Waals surface area contributed by atoms with Crippen molar-refractivity contribution in [1.82, 2.24) is 19.7 Å². The van der Waals surface area contributed by atoms with Crippen molar-refractivity contribution in [3.05, 3.63) is 66.0 Å². The van der Waals surface area contributed by atoms with E-state index in [0.717, 1.165) is 16.9 Å². The van der Waals surface area contributed by atoms with Crippen molar-refractivity contribution in [2.75, 3.05) is 5.32 Å². The number of aromatic nitrogens is 4. The quantitative estimate of drug-likeness (QED) is 0.800. The van der Waals surface area contributed by atoms with E-state index in [1.807, 2.05) is 13.1 Å². The molecule has 0 aliphatic rings. The second-order valence-corrected chi connectivity index (χ2v) is 4.59. The second-order valence-electron chi connectivity index (χ2n) is 4.59. The molecule has 0 radical (unpaired) electrons. The van der Waals surface area contributed by atoms with Gasteiger partial charge in [0.15, 0.2) is 0 Å². The molecule has 21 heavy (non-hydrogen) atoms. The summed E-state index contributed by atoms with van der Waals surface area (Å²) in [7, 11) is 0. The zero-order chi connectivity index (χ0) is 14.7. The Balaban J connectivity index is 1.77. The van der Waals surface area contributed by atoms with Crippen LogP contribution in [0.2, 0.25) is 0 Å². The first-order valence-electron chi connectivity index (χ1n) is 6.54. The predicted molar refractivity (Wildman–Crippen MR) is 77.6 cm³/mol. The monoisotopic (exact) mass is 283 g/mol. The molecule has 2 heterocycles. The van der Waals surface area contributed by atoms with Crippen LogP contribution < -0.4 is 5.32 Å². The Labute approximate surface area is 121 Å². The van der Waals surface area contributed by atoms with Crippen LogP contribution in [0.25, 0.3) is 5.69 Å². The van der Waals surface area contributed by atoms with Crippen LogP contribution in [0.4, 0.5) is 10.3 Å². The summed E-state index contributed by atoms with van der Waals surface area (Å²) in [6.45, 7) is 2.51. The van der Waals surface area contributed by atoms with Crippen LogP contribution in [-0.2, 0) is 6.54 Å². The molecule has 3 aromatic rings. The van der Waals surface area contributed by atoms with E-state index in [1.165, 1.54) is 12.1 Å². The van der Waals surface area contributed by atoms with E-state index < -0.39 is 0 Å². The summed E-state index contributed by atoms with van der Waals surface area (Å²) < 4.78 is 14.7. The van der Waals surface area contributed by atoms with Crippen molar-refractivity contribution in [3.63, 3.8) is 0 Å². The van der Waals surface area contributed by atoms with Crippen molar-refractivity contribution in [2.45, 2.75) is 13.5 Å². The van der Waals surface area contributed by atoms with Crippen LogP contribution in [0.15, 0.2) is 48.9 Å². The van der Waals surface area contributed by atoms with Crippen LogP contribution >= 0.6 is 0 Å². The number of halogens is 1. The van der Waals surface area contributed by atoms with Crippen molar-refractivity contribution in [3.8, 4) is 5.69 Å². The number of hydrogen-bond donors (Lipinski definition) is 1. The average molecular weight is 283 g/mol. The van der Waals surface area contributed by atoms with Crippen LogP contribution in [0.1, 0.15) is 11.3 Å². The molecule has 5 nitrogen and oxygen atoms in total. The minimum absolute atomic E-state index is 0.259. The molecule has 0 aliphatic heterocycles. The van der Waals surface area contributed by atoms with Crippen molar-refractivity contribution < 1.29 is 4.39 Å². The molecule has 0 spiro atoms. The Morgan fingerprint density at radius 1 is 1.14 bits per heavy atom. The van der Waals surface area contributed by atoms with E-state index in [4.69, 9.17) is 0 Å². The number of hydrogen-bond acceptors (Lipinski definition) is 4. The molecule has 0 aliphatic carbocycles. The highest BCUT2D eigenvalue weighted by Crippen LogP contribution is 2.13. The standard InChI is InChI=1S/C15H14FN5/c1-11-12(9-19-15-17-7-2-8-18-15)10-21(20-11)14-5-3-13(16)4-6-14/h2-8,10H,9H2,1H3,(H,17,18,19). The van der Waals surface area contributed by atoms with Gasteiger partial charge in [-0.25, -0.2) is 19.0 Å². The minimum Gasteiger partial charge on any atom is -0.350 e. The Morgan fingerprint density at radius 2 is 1.86 bits per heavy atom. The largest absolute Gasteiger partial charge is 0.350 e. The highest BCUT2D eigenvalue weighted by Gasteiger charge is 2.07. The van der Waals surface area contributed by atoms with Crippen LogP contribution in [0.5, 0.6) is 0 Å². The zero-order valence-corrected chi connectivity index (χ0v) is 11.5. The third kappa shape index (κ3) is 3.05. The van der Waals surface area contributed by atoms with Crippen LogP contribution in [-0.4, -0.2) is 19.7 Å². The Morgan fingerprint density at radius 3 is 2.57 bits per heavy atom. The first-order valence-corrected chi connectivity index (χ1v) is 6.54. The van der Waals surface area contributed by atoms with E-state index in [1.54, 1.807) is 35.3 Å². The fourth-order valence-electron chi connectivity index (χ4n) is 1.96. The van der Waals surface area contributed by atoms with Gasteiger partial charge in [0.1, 0.15) is 5.82 Å². The molecular weight excluding hydrogens is 269 g/mol. The molecule has 0 saturated carbocycles. The smallest absolute Gasteiger partial charge is 0.222 e. The molecular formula is C15H14FN5. The van der Waals surface area contributed by atoms with E-state index in [9.17, 15) is 4.39 Å². The summed E-state index contributed by atoms with van der Waals surface area (Å²) in [6, 6.07) is 7.99. The van der Waals surface area contributed by atoms with Gasteiger partial charge in [0, 0.05) is 30.7 Å². The third-order valence-corrected chi connectivity index (χ3v) is 3.09. The van der Waals surface area contributed by atoms with E-state index >= 15 is 0 Å². The van der Waals surface area contributed by atoms with Gasteiger partial charge in [0.05, 0.1) is 11.4 Å². The summed E-state index contributed by atoms with van der Waals surface area (Å²) in [4.78, 5) is 8.21. The van der Waals surface area contributed by atoms with E-state index in [-0.39, 0.29) is 5.82 Å². The molecule has 0 saturated heterocycles. The van der Waals surface area contributed by atoms with Gasteiger partial charge >= 0.3 is 0 Å². The minimum atomic E-state index is -0.259. The fraction of sp³-hybridized carbons (Fsp3) is 0.133. The van der Waals surface area contributed by atoms with Gasteiger partial charge in [-0.15, -0.1) is 0 Å². The van der Waals surface area contributed by atoms with Gasteiger partial charge in [-0.2, -0.15) is 5.10 Å². The summed E-state index contributed by atoms with van der Waals surface area (Å²) in [6.07, 6.45) is 5.28. The molecule has 6 heteroatoms.